The minimum Gasteiger partial charge on any atom is -0.494 e. The van der Waals surface area contributed by atoms with Crippen LogP contribution in [0, 0.1) is 18.6 Å². The maximum atomic E-state index is 14.6. The zero-order chi connectivity index (χ0) is 24.0. The van der Waals surface area contributed by atoms with Crippen molar-refractivity contribution in [2.24, 2.45) is 0 Å². The molecule has 2 N–H and O–H groups in total. The second-order valence-corrected chi connectivity index (χ2v) is 7.02. The van der Waals surface area contributed by atoms with Gasteiger partial charge in [0, 0.05) is 5.69 Å². The van der Waals surface area contributed by atoms with Gasteiger partial charge in [0.1, 0.15) is 18.2 Å². The molecule has 0 amide bonds. The maximum Gasteiger partial charge on any atom is 0.341 e. The fourth-order valence-electron chi connectivity index (χ4n) is 3.02. The third kappa shape index (κ3) is 5.85. The summed E-state index contributed by atoms with van der Waals surface area (Å²) in [7, 11) is 1.32. The summed E-state index contributed by atoms with van der Waals surface area (Å²) in [4.78, 5) is 18.9. The Morgan fingerprint density at radius 1 is 1.09 bits per heavy atom. The van der Waals surface area contributed by atoms with Crippen molar-refractivity contribution in [1.82, 2.24) is 9.97 Å². The first-order valence-electron chi connectivity index (χ1n) is 10.0. The molecule has 8 nitrogen and oxygen atoms in total. The van der Waals surface area contributed by atoms with Crippen molar-refractivity contribution in [3.8, 4) is 17.2 Å². The molecule has 0 aliphatic heterocycles. The smallest absolute Gasteiger partial charge is 0.341 e. The fraction of sp³-hybridized carbons (Fsp3) is 0.261. The van der Waals surface area contributed by atoms with Gasteiger partial charge in [0.25, 0.3) is 0 Å². The fourth-order valence-corrected chi connectivity index (χ4v) is 3.02. The summed E-state index contributed by atoms with van der Waals surface area (Å²) in [5.41, 5.74) is 1.50. The first-order chi connectivity index (χ1) is 15.8. The normalized spacial score (nSPS) is 10.6. The molecule has 0 aliphatic carbocycles. The molecule has 0 atom stereocenters. The highest BCUT2D eigenvalue weighted by atomic mass is 19.1. The van der Waals surface area contributed by atoms with E-state index in [-0.39, 0.29) is 29.6 Å². The molecule has 0 aliphatic rings. The van der Waals surface area contributed by atoms with Crippen molar-refractivity contribution in [2.45, 2.75) is 26.9 Å². The minimum absolute atomic E-state index is 0.0441. The summed E-state index contributed by atoms with van der Waals surface area (Å²) in [6, 6.07) is 6.42. The average molecular weight is 459 g/mol. The van der Waals surface area contributed by atoms with Gasteiger partial charge < -0.3 is 24.6 Å². The molecule has 10 heteroatoms. The van der Waals surface area contributed by atoms with Crippen LogP contribution in [0.3, 0.4) is 0 Å². The van der Waals surface area contributed by atoms with Gasteiger partial charge in [-0.2, -0.15) is 0 Å². The Morgan fingerprint density at radius 3 is 2.42 bits per heavy atom. The predicted octanol–water partition coefficient (Wildman–Crippen LogP) is 4.42. The van der Waals surface area contributed by atoms with E-state index in [0.717, 1.165) is 5.56 Å². The van der Waals surface area contributed by atoms with Crippen molar-refractivity contribution in [2.75, 3.05) is 19.0 Å². The number of carboxylic acids is 1. The third-order valence-corrected chi connectivity index (χ3v) is 4.73. The minimum atomic E-state index is -1.06. The first kappa shape index (κ1) is 23.7. The number of hydrogen-bond acceptors (Lipinski definition) is 7. The van der Waals surface area contributed by atoms with E-state index < -0.39 is 24.2 Å². The molecule has 0 unspecified atom stereocenters. The van der Waals surface area contributed by atoms with E-state index in [1.807, 2.05) is 0 Å². The van der Waals surface area contributed by atoms with E-state index in [9.17, 15) is 13.6 Å². The highest BCUT2D eigenvalue weighted by molar-refractivity contribution is 5.68. The number of ether oxygens (including phenoxy) is 3. The van der Waals surface area contributed by atoms with E-state index in [0.29, 0.717) is 23.4 Å². The van der Waals surface area contributed by atoms with Crippen LogP contribution in [-0.4, -0.2) is 34.8 Å². The monoisotopic (exact) mass is 459 g/mol. The van der Waals surface area contributed by atoms with Gasteiger partial charge in [-0.3, -0.25) is 0 Å². The lowest BCUT2D eigenvalue weighted by atomic mass is 10.1. The molecule has 0 bridgehead atoms. The Labute approximate surface area is 189 Å². The molecule has 0 saturated carbocycles. The number of anilines is 2. The van der Waals surface area contributed by atoms with Crippen molar-refractivity contribution >= 4 is 17.6 Å². The molecular formula is C23H23F2N3O5. The van der Waals surface area contributed by atoms with Gasteiger partial charge in [-0.05, 0) is 48.7 Å². The number of nitrogens with one attached hydrogen (secondary N) is 1. The predicted molar refractivity (Wildman–Crippen MR) is 116 cm³/mol. The summed E-state index contributed by atoms with van der Waals surface area (Å²) in [5.74, 6) is -1.62. The molecule has 174 valence electrons. The molecule has 1 aromatic heterocycles. The zero-order valence-corrected chi connectivity index (χ0v) is 18.3. The Kier molecular flexibility index (Phi) is 7.60. The molecule has 1 heterocycles. The number of halogens is 2. The Morgan fingerprint density at radius 2 is 1.82 bits per heavy atom. The van der Waals surface area contributed by atoms with Gasteiger partial charge in [0.2, 0.25) is 5.95 Å². The van der Waals surface area contributed by atoms with Gasteiger partial charge in [-0.15, -0.1) is 0 Å². The first-order valence-corrected chi connectivity index (χ1v) is 10.0. The van der Waals surface area contributed by atoms with Crippen molar-refractivity contribution in [3.63, 3.8) is 0 Å². The topological polar surface area (TPSA) is 103 Å². The van der Waals surface area contributed by atoms with Crippen LogP contribution in [-0.2, 0) is 17.8 Å². The molecule has 0 radical (unpaired) electrons. The van der Waals surface area contributed by atoms with E-state index in [1.54, 1.807) is 32.0 Å². The summed E-state index contributed by atoms with van der Waals surface area (Å²) in [5, 5.41) is 11.7. The number of aryl methyl sites for hydroxylation is 2. The highest BCUT2D eigenvalue weighted by Crippen LogP contribution is 2.28. The number of rotatable bonds is 10. The number of hydrogen-bond donors (Lipinski definition) is 2. The molecular weight excluding hydrogens is 436 g/mol. The standard InChI is InChI=1S/C23H23F2N3O5/c1-4-14-8-19(31-3)22(25)17(21(14)24)11-32-16-9-26-23(27-10-16)28-15-5-6-18(13(2)7-15)33-12-20(29)30/h5-10H,4,11-12H2,1-3H3,(H,29,30)(H,26,27,28). The second kappa shape index (κ2) is 10.6. The van der Waals surface area contributed by atoms with Crippen LogP contribution in [0.15, 0.2) is 36.7 Å². The molecule has 0 saturated heterocycles. The highest BCUT2D eigenvalue weighted by Gasteiger charge is 2.19. The van der Waals surface area contributed by atoms with E-state index in [4.69, 9.17) is 19.3 Å². The Hall–Kier alpha value is -3.95. The van der Waals surface area contributed by atoms with Crippen LogP contribution in [0.2, 0.25) is 0 Å². The summed E-state index contributed by atoms with van der Waals surface area (Å²) in [6.07, 6.45) is 3.14. The van der Waals surface area contributed by atoms with E-state index in [1.165, 1.54) is 25.6 Å². The van der Waals surface area contributed by atoms with Gasteiger partial charge in [0.15, 0.2) is 23.9 Å². The summed E-state index contributed by atoms with van der Waals surface area (Å²) < 4.78 is 44.7. The SMILES string of the molecule is CCc1cc(OC)c(F)c(COc2cnc(Nc3ccc(OCC(=O)O)c(C)c3)nc2)c1F. The van der Waals surface area contributed by atoms with Crippen LogP contribution in [0.4, 0.5) is 20.4 Å². The van der Waals surface area contributed by atoms with Crippen LogP contribution < -0.4 is 19.5 Å². The average Bonchev–Trinajstić information content (AvgIpc) is 2.79. The molecule has 33 heavy (non-hydrogen) atoms. The number of aliphatic carboxylic acids is 1. The summed E-state index contributed by atoms with van der Waals surface area (Å²) >= 11 is 0. The number of carboxylic acid groups (broad SMARTS) is 1. The number of aromatic nitrogens is 2. The number of carbonyl (C=O) groups is 1. The number of methoxy groups -OCH3 is 1. The number of nitrogens with zero attached hydrogens (tertiary/aromatic N) is 2. The zero-order valence-electron chi connectivity index (χ0n) is 18.3. The maximum absolute atomic E-state index is 14.6. The van der Waals surface area contributed by atoms with Crippen molar-refractivity contribution < 1.29 is 32.9 Å². The van der Waals surface area contributed by atoms with Crippen molar-refractivity contribution in [1.29, 1.82) is 0 Å². The molecule has 0 fully saturated rings. The van der Waals surface area contributed by atoms with Gasteiger partial charge in [0.05, 0.1) is 25.1 Å². The van der Waals surface area contributed by atoms with Crippen LogP contribution in [0.25, 0.3) is 0 Å². The van der Waals surface area contributed by atoms with Gasteiger partial charge in [-0.25, -0.2) is 23.5 Å². The van der Waals surface area contributed by atoms with E-state index in [2.05, 4.69) is 15.3 Å². The lowest BCUT2D eigenvalue weighted by Gasteiger charge is -2.13. The lowest BCUT2D eigenvalue weighted by molar-refractivity contribution is -0.139. The van der Waals surface area contributed by atoms with Crippen LogP contribution >= 0.6 is 0 Å². The van der Waals surface area contributed by atoms with Crippen LogP contribution in [0.5, 0.6) is 17.2 Å². The molecule has 2 aromatic carbocycles. The third-order valence-electron chi connectivity index (χ3n) is 4.73. The van der Waals surface area contributed by atoms with Gasteiger partial charge >= 0.3 is 5.97 Å². The van der Waals surface area contributed by atoms with E-state index >= 15 is 0 Å². The Bertz CT molecular complexity index is 1110. The quantitative estimate of drug-likeness (QED) is 0.459. The molecule has 3 aromatic rings. The van der Waals surface area contributed by atoms with Crippen molar-refractivity contribution in [3.05, 3.63) is 65.0 Å². The second-order valence-electron chi connectivity index (χ2n) is 7.02. The van der Waals surface area contributed by atoms with Crippen LogP contribution in [0.1, 0.15) is 23.6 Å². The number of benzene rings is 2. The van der Waals surface area contributed by atoms with Gasteiger partial charge in [-0.1, -0.05) is 6.92 Å². The Balaban J connectivity index is 1.66. The lowest BCUT2D eigenvalue weighted by Crippen LogP contribution is -2.10. The molecule has 0 spiro atoms. The summed E-state index contributed by atoms with van der Waals surface area (Å²) in [6.45, 7) is 2.76. The largest absolute Gasteiger partial charge is 0.494 e. The molecule has 3 rings (SSSR count).